The van der Waals surface area contributed by atoms with Gasteiger partial charge in [0, 0.05) is 12.1 Å². The number of nitro groups is 1. The van der Waals surface area contributed by atoms with Gasteiger partial charge in [0.25, 0.3) is 11.6 Å². The SMILES string of the molecule is O=C(COc1ccc([N+](=O)[O-])cc1)N/N=C/c1ccc2ccccc2c1. The van der Waals surface area contributed by atoms with Gasteiger partial charge in [-0.3, -0.25) is 14.9 Å². The van der Waals surface area contributed by atoms with E-state index < -0.39 is 10.8 Å². The lowest BCUT2D eigenvalue weighted by atomic mass is 10.1. The number of hydrogen-bond acceptors (Lipinski definition) is 5. The Morgan fingerprint density at radius 1 is 1.08 bits per heavy atom. The minimum atomic E-state index is -0.502. The first-order valence-corrected chi connectivity index (χ1v) is 7.80. The number of nitrogens with zero attached hydrogens (tertiary/aromatic N) is 2. The molecule has 0 aliphatic carbocycles. The van der Waals surface area contributed by atoms with Gasteiger partial charge in [0.15, 0.2) is 6.61 Å². The summed E-state index contributed by atoms with van der Waals surface area (Å²) in [6, 6.07) is 19.3. The van der Waals surface area contributed by atoms with Crippen molar-refractivity contribution in [2.75, 3.05) is 6.61 Å². The van der Waals surface area contributed by atoms with E-state index in [2.05, 4.69) is 10.5 Å². The van der Waals surface area contributed by atoms with Gasteiger partial charge in [0.05, 0.1) is 11.1 Å². The third kappa shape index (κ3) is 4.41. The maximum atomic E-state index is 11.7. The van der Waals surface area contributed by atoms with Gasteiger partial charge in [-0.2, -0.15) is 5.10 Å². The molecule has 0 atom stereocenters. The molecule has 0 saturated heterocycles. The zero-order chi connectivity index (χ0) is 18.4. The lowest BCUT2D eigenvalue weighted by Crippen LogP contribution is -2.24. The van der Waals surface area contributed by atoms with Gasteiger partial charge in [-0.1, -0.05) is 36.4 Å². The predicted molar refractivity (Wildman–Crippen MR) is 98.3 cm³/mol. The number of carbonyl (C=O) groups is 1. The van der Waals surface area contributed by atoms with Gasteiger partial charge < -0.3 is 4.74 Å². The Bertz CT molecular complexity index is 968. The molecule has 0 fully saturated rings. The molecular weight excluding hydrogens is 334 g/mol. The smallest absolute Gasteiger partial charge is 0.277 e. The summed E-state index contributed by atoms with van der Waals surface area (Å²) in [6.45, 7) is -0.243. The highest BCUT2D eigenvalue weighted by Crippen LogP contribution is 2.17. The average molecular weight is 349 g/mol. The van der Waals surface area contributed by atoms with Crippen molar-refractivity contribution in [1.82, 2.24) is 5.43 Å². The van der Waals surface area contributed by atoms with Gasteiger partial charge in [-0.05, 0) is 34.5 Å². The van der Waals surface area contributed by atoms with Crippen molar-refractivity contribution in [2.45, 2.75) is 0 Å². The molecule has 1 amide bonds. The second kappa shape index (κ2) is 7.89. The largest absolute Gasteiger partial charge is 0.484 e. The van der Waals surface area contributed by atoms with Gasteiger partial charge in [0.2, 0.25) is 0 Å². The summed E-state index contributed by atoms with van der Waals surface area (Å²) in [5.41, 5.74) is 3.20. The van der Waals surface area contributed by atoms with Crippen LogP contribution in [0.15, 0.2) is 71.8 Å². The number of non-ortho nitro benzene ring substituents is 1. The molecule has 3 aromatic carbocycles. The molecule has 0 saturated carbocycles. The standard InChI is InChI=1S/C19H15N3O4/c23-19(13-26-18-9-7-17(8-10-18)22(24)25)21-20-12-14-5-6-15-3-1-2-4-16(15)11-14/h1-12H,13H2,(H,21,23)/b20-12+. The first kappa shape index (κ1) is 17.1. The topological polar surface area (TPSA) is 93.8 Å². The average Bonchev–Trinajstić information content (AvgIpc) is 2.66. The van der Waals surface area contributed by atoms with E-state index in [0.717, 1.165) is 16.3 Å². The Balaban J connectivity index is 1.51. The van der Waals surface area contributed by atoms with Crippen LogP contribution in [0.4, 0.5) is 5.69 Å². The van der Waals surface area contributed by atoms with E-state index in [1.165, 1.54) is 24.3 Å². The van der Waals surface area contributed by atoms with Crippen LogP contribution >= 0.6 is 0 Å². The number of carbonyl (C=O) groups excluding carboxylic acids is 1. The van der Waals surface area contributed by atoms with Crippen molar-refractivity contribution in [3.05, 3.63) is 82.4 Å². The molecule has 0 aliphatic rings. The fourth-order valence-electron chi connectivity index (χ4n) is 2.31. The van der Waals surface area contributed by atoms with Crippen LogP contribution < -0.4 is 10.2 Å². The van der Waals surface area contributed by atoms with E-state index in [4.69, 9.17) is 4.74 Å². The Morgan fingerprint density at radius 2 is 1.81 bits per heavy atom. The molecular formula is C19H15N3O4. The zero-order valence-corrected chi connectivity index (χ0v) is 13.7. The summed E-state index contributed by atoms with van der Waals surface area (Å²) in [6.07, 6.45) is 1.55. The number of ether oxygens (including phenoxy) is 1. The highest BCUT2D eigenvalue weighted by molar-refractivity contribution is 5.90. The zero-order valence-electron chi connectivity index (χ0n) is 13.7. The number of hydrogen-bond donors (Lipinski definition) is 1. The maximum Gasteiger partial charge on any atom is 0.277 e. The predicted octanol–water partition coefficient (Wildman–Crippen LogP) is 3.28. The number of nitrogens with one attached hydrogen (secondary N) is 1. The summed E-state index contributed by atoms with van der Waals surface area (Å²) in [5.74, 6) is -0.0651. The molecule has 0 bridgehead atoms. The fraction of sp³-hybridized carbons (Fsp3) is 0.0526. The summed E-state index contributed by atoms with van der Waals surface area (Å²) >= 11 is 0. The van der Waals surface area contributed by atoms with E-state index in [1.54, 1.807) is 6.21 Å². The Labute approximate surface area is 149 Å². The minimum Gasteiger partial charge on any atom is -0.484 e. The number of nitro benzene ring substituents is 1. The molecule has 0 aliphatic heterocycles. The Morgan fingerprint density at radius 3 is 2.54 bits per heavy atom. The molecule has 0 aromatic heterocycles. The van der Waals surface area contributed by atoms with Crippen LogP contribution in [0.5, 0.6) is 5.75 Å². The first-order valence-electron chi connectivity index (χ1n) is 7.80. The molecule has 0 spiro atoms. The van der Waals surface area contributed by atoms with E-state index >= 15 is 0 Å². The molecule has 26 heavy (non-hydrogen) atoms. The van der Waals surface area contributed by atoms with Crippen LogP contribution in [0, 0.1) is 10.1 Å². The van der Waals surface area contributed by atoms with Crippen LogP contribution in [0.1, 0.15) is 5.56 Å². The monoisotopic (exact) mass is 349 g/mol. The Hall–Kier alpha value is -3.74. The van der Waals surface area contributed by atoms with Crippen molar-refractivity contribution in [2.24, 2.45) is 5.10 Å². The van der Waals surface area contributed by atoms with Crippen molar-refractivity contribution >= 4 is 28.6 Å². The number of rotatable bonds is 6. The maximum absolute atomic E-state index is 11.7. The second-order valence-electron chi connectivity index (χ2n) is 5.44. The number of hydrazone groups is 1. The van der Waals surface area contributed by atoms with Crippen LogP contribution in [-0.4, -0.2) is 23.7 Å². The molecule has 0 radical (unpaired) electrons. The molecule has 3 aromatic rings. The van der Waals surface area contributed by atoms with Crippen molar-refractivity contribution in [3.63, 3.8) is 0 Å². The van der Waals surface area contributed by atoms with Crippen molar-refractivity contribution < 1.29 is 14.5 Å². The molecule has 130 valence electrons. The van der Waals surface area contributed by atoms with Gasteiger partial charge in [-0.25, -0.2) is 5.43 Å². The third-order valence-electron chi connectivity index (χ3n) is 3.59. The van der Waals surface area contributed by atoms with E-state index in [0.29, 0.717) is 5.75 Å². The first-order chi connectivity index (χ1) is 12.6. The normalized spacial score (nSPS) is 10.8. The lowest BCUT2D eigenvalue weighted by molar-refractivity contribution is -0.384. The lowest BCUT2D eigenvalue weighted by Gasteiger charge is -2.04. The highest BCUT2D eigenvalue weighted by atomic mass is 16.6. The summed E-state index contributed by atoms with van der Waals surface area (Å²) in [7, 11) is 0. The van der Waals surface area contributed by atoms with Crippen LogP contribution in [0.25, 0.3) is 10.8 Å². The third-order valence-corrected chi connectivity index (χ3v) is 3.59. The van der Waals surface area contributed by atoms with Gasteiger partial charge in [0.1, 0.15) is 5.75 Å². The van der Waals surface area contributed by atoms with Crippen molar-refractivity contribution in [1.29, 1.82) is 0 Å². The van der Waals surface area contributed by atoms with Crippen LogP contribution in [0.3, 0.4) is 0 Å². The summed E-state index contributed by atoms with van der Waals surface area (Å²) in [5, 5.41) is 16.7. The minimum absolute atomic E-state index is 0.0400. The number of benzene rings is 3. The number of amides is 1. The second-order valence-corrected chi connectivity index (χ2v) is 5.44. The number of fused-ring (bicyclic) bond motifs is 1. The molecule has 1 N–H and O–H groups in total. The quantitative estimate of drug-likeness (QED) is 0.420. The van der Waals surface area contributed by atoms with E-state index in [1.807, 2.05) is 42.5 Å². The molecule has 7 nitrogen and oxygen atoms in total. The van der Waals surface area contributed by atoms with Crippen molar-refractivity contribution in [3.8, 4) is 5.75 Å². The summed E-state index contributed by atoms with van der Waals surface area (Å²) in [4.78, 5) is 21.8. The summed E-state index contributed by atoms with van der Waals surface area (Å²) < 4.78 is 5.25. The highest BCUT2D eigenvalue weighted by Gasteiger charge is 2.06. The van der Waals surface area contributed by atoms with Gasteiger partial charge in [-0.15, -0.1) is 0 Å². The molecule has 3 rings (SSSR count). The fourth-order valence-corrected chi connectivity index (χ4v) is 2.31. The van der Waals surface area contributed by atoms with E-state index in [-0.39, 0.29) is 12.3 Å². The van der Waals surface area contributed by atoms with E-state index in [9.17, 15) is 14.9 Å². The molecule has 0 unspecified atom stereocenters. The van der Waals surface area contributed by atoms with Crippen LogP contribution in [-0.2, 0) is 4.79 Å². The Kier molecular flexibility index (Phi) is 5.19. The van der Waals surface area contributed by atoms with Gasteiger partial charge >= 0.3 is 0 Å². The molecule has 0 heterocycles. The molecule has 7 heteroatoms. The van der Waals surface area contributed by atoms with Crippen LogP contribution in [0.2, 0.25) is 0 Å².